The summed E-state index contributed by atoms with van der Waals surface area (Å²) in [6, 6.07) is 10.5. The molecule has 38 heavy (non-hydrogen) atoms. The molecule has 196 valence electrons. The molecular weight excluding hydrogens is 524 g/mol. The highest BCUT2D eigenvalue weighted by Gasteiger charge is 2.57. The van der Waals surface area contributed by atoms with Gasteiger partial charge in [0.15, 0.2) is 0 Å². The molecule has 6 rings (SSSR count). The molecule has 2 saturated heterocycles. The van der Waals surface area contributed by atoms with Crippen molar-refractivity contribution in [2.45, 2.75) is 42.0 Å². The molecule has 5 heterocycles. The van der Waals surface area contributed by atoms with Gasteiger partial charge in [0.1, 0.15) is 17.5 Å². The van der Waals surface area contributed by atoms with Crippen molar-refractivity contribution in [3.8, 4) is 5.75 Å². The molecular formula is C27H26N4O5S2. The number of hydrogen-bond acceptors (Lipinski definition) is 8. The van der Waals surface area contributed by atoms with Crippen LogP contribution in [0.2, 0.25) is 0 Å². The van der Waals surface area contributed by atoms with Gasteiger partial charge >= 0.3 is 4.87 Å². The smallest absolute Gasteiger partial charge is 0.308 e. The maximum absolute atomic E-state index is 13.9. The topological polar surface area (TPSA) is 102 Å². The van der Waals surface area contributed by atoms with E-state index in [2.05, 4.69) is 4.98 Å². The number of imide groups is 1. The average Bonchev–Trinajstić information content (AvgIpc) is 3.40. The lowest BCUT2D eigenvalue weighted by Crippen LogP contribution is -2.39. The number of carbonyl (C=O) groups is 3. The van der Waals surface area contributed by atoms with Crippen LogP contribution in [0.15, 0.2) is 58.6 Å². The second-order valence-corrected chi connectivity index (χ2v) is 11.7. The van der Waals surface area contributed by atoms with Gasteiger partial charge < -0.3 is 9.64 Å². The quantitative estimate of drug-likeness (QED) is 0.450. The summed E-state index contributed by atoms with van der Waals surface area (Å²) in [6.07, 6.45) is 6.35. The fourth-order valence-corrected chi connectivity index (χ4v) is 8.31. The van der Waals surface area contributed by atoms with E-state index in [1.165, 1.54) is 21.2 Å². The molecule has 0 saturated carbocycles. The fourth-order valence-electron chi connectivity index (χ4n) is 5.54. The molecule has 0 unspecified atom stereocenters. The van der Waals surface area contributed by atoms with Crippen molar-refractivity contribution in [2.75, 3.05) is 25.1 Å². The van der Waals surface area contributed by atoms with Crippen LogP contribution in [0.1, 0.15) is 35.6 Å². The maximum Gasteiger partial charge on any atom is 0.308 e. The van der Waals surface area contributed by atoms with Crippen molar-refractivity contribution in [2.24, 2.45) is 5.92 Å². The Labute approximate surface area is 227 Å². The van der Waals surface area contributed by atoms with Gasteiger partial charge in [-0.1, -0.05) is 29.2 Å². The minimum absolute atomic E-state index is 0.0703. The predicted molar refractivity (Wildman–Crippen MR) is 144 cm³/mol. The third-order valence-corrected chi connectivity index (χ3v) is 10.0. The number of benzene rings is 1. The SMILES string of the molecule is COc1ccc(N2C(=O)[C@H]3[C@H](c4cccnc4)c4sc(=O)n(CC(=O)N5CCCCC5)c4S[C@H]3C2=O)cc1. The van der Waals surface area contributed by atoms with Crippen LogP contribution in [-0.2, 0) is 20.9 Å². The van der Waals surface area contributed by atoms with E-state index >= 15 is 0 Å². The summed E-state index contributed by atoms with van der Waals surface area (Å²) in [5.74, 6) is -1.33. The van der Waals surface area contributed by atoms with Gasteiger partial charge in [-0.25, -0.2) is 4.90 Å². The molecule has 0 spiro atoms. The highest BCUT2D eigenvalue weighted by Crippen LogP contribution is 2.53. The fraction of sp³-hybridized carbons (Fsp3) is 0.370. The number of carbonyl (C=O) groups excluding carboxylic acids is 3. The number of anilines is 1. The van der Waals surface area contributed by atoms with Gasteiger partial charge in [0, 0.05) is 36.3 Å². The Kier molecular flexibility index (Phi) is 6.56. The molecule has 3 aliphatic heterocycles. The second kappa shape index (κ2) is 10.0. The molecule has 0 aliphatic carbocycles. The average molecular weight is 551 g/mol. The van der Waals surface area contributed by atoms with Crippen molar-refractivity contribution in [3.63, 3.8) is 0 Å². The number of pyridine rings is 1. The number of fused-ring (bicyclic) bond motifs is 2. The van der Waals surface area contributed by atoms with Gasteiger partial charge in [0.05, 0.1) is 23.7 Å². The second-order valence-electron chi connectivity index (χ2n) is 9.60. The summed E-state index contributed by atoms with van der Waals surface area (Å²) in [6.45, 7) is 1.32. The number of thiazole rings is 1. The van der Waals surface area contributed by atoms with E-state index in [1.54, 1.807) is 49.8 Å². The Morgan fingerprint density at radius 2 is 1.82 bits per heavy atom. The molecule has 2 fully saturated rings. The Hall–Kier alpha value is -3.44. The van der Waals surface area contributed by atoms with E-state index < -0.39 is 17.1 Å². The number of ether oxygens (including phenoxy) is 1. The van der Waals surface area contributed by atoms with Crippen molar-refractivity contribution in [3.05, 3.63) is 68.9 Å². The van der Waals surface area contributed by atoms with Gasteiger partial charge in [-0.15, -0.1) is 0 Å². The number of thioether (sulfide) groups is 1. The maximum atomic E-state index is 13.9. The minimum Gasteiger partial charge on any atom is -0.497 e. The number of rotatable bonds is 5. The van der Waals surface area contributed by atoms with Gasteiger partial charge in [-0.05, 0) is 55.2 Å². The summed E-state index contributed by atoms with van der Waals surface area (Å²) in [5, 5.41) is -0.133. The zero-order chi connectivity index (χ0) is 26.4. The van der Waals surface area contributed by atoms with Gasteiger partial charge in [0.25, 0.3) is 0 Å². The number of nitrogens with zero attached hydrogens (tertiary/aromatic N) is 4. The monoisotopic (exact) mass is 550 g/mol. The first kappa shape index (κ1) is 24.9. The molecule has 3 aromatic rings. The largest absolute Gasteiger partial charge is 0.497 e. The van der Waals surface area contributed by atoms with Gasteiger partial charge in [-0.2, -0.15) is 0 Å². The number of likely N-dealkylation sites (tertiary alicyclic amines) is 1. The van der Waals surface area contributed by atoms with Crippen LogP contribution >= 0.6 is 23.1 Å². The van der Waals surface area contributed by atoms with Crippen molar-refractivity contribution < 1.29 is 19.1 Å². The standard InChI is InChI=1S/C27H26N4O5S2/c1-36-18-9-7-17(8-10-18)31-24(33)21-20(16-6-5-11-28-14-16)23-26(37-22(21)25(31)34)30(27(35)38-23)15-19(32)29-12-3-2-4-13-29/h5-11,14,20-22H,2-4,12-13,15H2,1H3/t20-,21-,22+/m0/s1. The normalized spacial score (nSPS) is 22.8. The Morgan fingerprint density at radius 3 is 2.50 bits per heavy atom. The summed E-state index contributed by atoms with van der Waals surface area (Å²) in [5.41, 5.74) is 1.24. The van der Waals surface area contributed by atoms with E-state index in [-0.39, 0.29) is 29.1 Å². The van der Waals surface area contributed by atoms with Crippen LogP contribution in [-0.4, -0.2) is 57.6 Å². The van der Waals surface area contributed by atoms with Gasteiger partial charge in [0.2, 0.25) is 17.7 Å². The Balaban J connectivity index is 1.41. The van der Waals surface area contributed by atoms with E-state index in [0.717, 1.165) is 36.2 Å². The molecule has 3 atom stereocenters. The first-order valence-electron chi connectivity index (χ1n) is 12.6. The molecule has 2 aromatic heterocycles. The molecule has 0 bridgehead atoms. The predicted octanol–water partition coefficient (Wildman–Crippen LogP) is 3.12. The number of amides is 3. The lowest BCUT2D eigenvalue weighted by molar-refractivity contribution is -0.133. The zero-order valence-electron chi connectivity index (χ0n) is 20.7. The number of aromatic nitrogens is 2. The van der Waals surface area contributed by atoms with Crippen molar-refractivity contribution in [1.82, 2.24) is 14.5 Å². The first-order valence-corrected chi connectivity index (χ1v) is 14.3. The molecule has 0 N–H and O–H groups in total. The van der Waals surface area contributed by atoms with E-state index in [4.69, 9.17) is 4.74 Å². The zero-order valence-corrected chi connectivity index (χ0v) is 22.4. The van der Waals surface area contributed by atoms with E-state index in [0.29, 0.717) is 34.4 Å². The van der Waals surface area contributed by atoms with Crippen LogP contribution in [0.25, 0.3) is 0 Å². The molecule has 3 amide bonds. The Morgan fingerprint density at radius 1 is 1.05 bits per heavy atom. The summed E-state index contributed by atoms with van der Waals surface area (Å²) in [4.78, 5) is 61.7. The highest BCUT2D eigenvalue weighted by molar-refractivity contribution is 8.00. The number of methoxy groups -OCH3 is 1. The first-order chi connectivity index (χ1) is 18.5. The molecule has 11 heteroatoms. The molecule has 9 nitrogen and oxygen atoms in total. The van der Waals surface area contributed by atoms with Crippen LogP contribution in [0, 0.1) is 5.92 Å². The lowest BCUT2D eigenvalue weighted by Gasteiger charge is -2.31. The molecule has 1 aromatic carbocycles. The van der Waals surface area contributed by atoms with E-state index in [1.807, 2.05) is 11.0 Å². The van der Waals surface area contributed by atoms with Crippen LogP contribution in [0.4, 0.5) is 5.69 Å². The van der Waals surface area contributed by atoms with Crippen molar-refractivity contribution >= 4 is 46.5 Å². The number of hydrogen-bond donors (Lipinski definition) is 0. The lowest BCUT2D eigenvalue weighted by atomic mass is 9.84. The van der Waals surface area contributed by atoms with Crippen LogP contribution < -0.4 is 14.5 Å². The van der Waals surface area contributed by atoms with Crippen LogP contribution in [0.3, 0.4) is 0 Å². The summed E-state index contributed by atoms with van der Waals surface area (Å²) >= 11 is 2.28. The Bertz CT molecular complexity index is 1450. The van der Waals surface area contributed by atoms with Crippen LogP contribution in [0.5, 0.6) is 5.75 Å². The van der Waals surface area contributed by atoms with Crippen molar-refractivity contribution in [1.29, 1.82) is 0 Å². The minimum atomic E-state index is -0.729. The third kappa shape index (κ3) is 4.14. The molecule has 3 aliphatic rings. The highest BCUT2D eigenvalue weighted by atomic mass is 32.2. The third-order valence-electron chi connectivity index (χ3n) is 7.43. The van der Waals surface area contributed by atoms with E-state index in [9.17, 15) is 19.2 Å². The summed E-state index contributed by atoms with van der Waals surface area (Å²) < 4.78 is 6.72. The molecule has 0 radical (unpaired) electrons. The number of piperidine rings is 1. The summed E-state index contributed by atoms with van der Waals surface area (Å²) in [7, 11) is 1.55. The van der Waals surface area contributed by atoms with Gasteiger partial charge in [-0.3, -0.25) is 28.7 Å².